The molecule has 1 saturated carbocycles. The lowest BCUT2D eigenvalue weighted by Crippen LogP contribution is -2.24. The molecule has 2 heterocycles. The Morgan fingerprint density at radius 3 is 2.85 bits per heavy atom. The number of aromatic nitrogens is 2. The fourth-order valence-corrected chi connectivity index (χ4v) is 3.85. The predicted molar refractivity (Wildman–Crippen MR) is 97.1 cm³/mol. The highest BCUT2D eigenvalue weighted by atomic mass is 35.5. The standard InChI is InChI=1S/C19H23ClF2N2O2/c1-26-11-10-24-12-14(17-15(20)6-9-23-18(17)24)16(25)3-2-13-4-7-19(21,22)8-5-13/h6,9,12-13H,2-5,7-8,10-11H2,1H3. The van der Waals surface area contributed by atoms with Gasteiger partial charge in [0.1, 0.15) is 5.65 Å². The topological polar surface area (TPSA) is 44.1 Å². The van der Waals surface area contributed by atoms with Crippen LogP contribution in [-0.2, 0) is 11.3 Å². The molecule has 3 rings (SSSR count). The summed E-state index contributed by atoms with van der Waals surface area (Å²) in [4.78, 5) is 17.1. The molecule has 0 amide bonds. The van der Waals surface area contributed by atoms with E-state index in [1.807, 2.05) is 4.57 Å². The Labute approximate surface area is 156 Å². The maximum absolute atomic E-state index is 13.3. The Balaban J connectivity index is 1.73. The van der Waals surface area contributed by atoms with Gasteiger partial charge < -0.3 is 9.30 Å². The third-order valence-electron chi connectivity index (χ3n) is 5.16. The first-order chi connectivity index (χ1) is 12.4. The smallest absolute Gasteiger partial charge is 0.248 e. The van der Waals surface area contributed by atoms with Gasteiger partial charge in [-0.05, 0) is 31.2 Å². The quantitative estimate of drug-likeness (QED) is 0.622. The van der Waals surface area contributed by atoms with Crippen molar-refractivity contribution in [3.05, 3.63) is 29.0 Å². The molecular weight excluding hydrogens is 362 g/mol. The van der Waals surface area contributed by atoms with Crippen LogP contribution in [0.3, 0.4) is 0 Å². The van der Waals surface area contributed by atoms with E-state index in [1.165, 1.54) is 0 Å². The molecule has 0 N–H and O–H groups in total. The van der Waals surface area contributed by atoms with Crippen LogP contribution in [0.2, 0.25) is 5.02 Å². The minimum absolute atomic E-state index is 0.0154. The van der Waals surface area contributed by atoms with E-state index in [0.717, 1.165) is 0 Å². The van der Waals surface area contributed by atoms with Gasteiger partial charge in [-0.3, -0.25) is 4.79 Å². The number of carbonyl (C=O) groups excluding carboxylic acids is 1. The van der Waals surface area contributed by atoms with Gasteiger partial charge in [0.25, 0.3) is 0 Å². The van der Waals surface area contributed by atoms with Crippen LogP contribution in [0, 0.1) is 5.92 Å². The number of rotatable bonds is 7. The third-order valence-corrected chi connectivity index (χ3v) is 5.47. The van der Waals surface area contributed by atoms with Crippen molar-refractivity contribution in [2.24, 2.45) is 5.92 Å². The molecular formula is C19H23ClF2N2O2. The zero-order chi connectivity index (χ0) is 18.7. The average Bonchev–Trinajstić information content (AvgIpc) is 2.99. The SMILES string of the molecule is COCCn1cc(C(=O)CCC2CCC(F)(F)CC2)c2c(Cl)ccnc21. The predicted octanol–water partition coefficient (Wildman–Crippen LogP) is 5.12. The van der Waals surface area contributed by atoms with Crippen molar-refractivity contribution in [2.45, 2.75) is 51.0 Å². The van der Waals surface area contributed by atoms with Crippen LogP contribution in [0.5, 0.6) is 0 Å². The Morgan fingerprint density at radius 1 is 1.42 bits per heavy atom. The van der Waals surface area contributed by atoms with Gasteiger partial charge in [0.2, 0.25) is 5.92 Å². The molecule has 1 aliphatic carbocycles. The maximum atomic E-state index is 13.3. The molecule has 0 aromatic carbocycles. The molecule has 7 heteroatoms. The molecule has 0 unspecified atom stereocenters. The van der Waals surface area contributed by atoms with E-state index >= 15 is 0 Å². The van der Waals surface area contributed by atoms with Gasteiger partial charge in [0.15, 0.2) is 5.78 Å². The molecule has 0 spiro atoms. The van der Waals surface area contributed by atoms with Gasteiger partial charge in [0, 0.05) is 56.3 Å². The van der Waals surface area contributed by atoms with Gasteiger partial charge in [-0.15, -0.1) is 0 Å². The summed E-state index contributed by atoms with van der Waals surface area (Å²) in [5, 5.41) is 1.15. The van der Waals surface area contributed by atoms with Crippen LogP contribution in [0.15, 0.2) is 18.5 Å². The van der Waals surface area contributed by atoms with Crippen molar-refractivity contribution in [1.29, 1.82) is 0 Å². The molecule has 4 nitrogen and oxygen atoms in total. The number of carbonyl (C=O) groups is 1. The first kappa shape index (κ1) is 19.2. The number of pyridine rings is 1. The molecule has 0 atom stereocenters. The van der Waals surface area contributed by atoms with Crippen molar-refractivity contribution >= 4 is 28.4 Å². The van der Waals surface area contributed by atoms with Gasteiger partial charge in [-0.1, -0.05) is 11.6 Å². The molecule has 0 radical (unpaired) electrons. The van der Waals surface area contributed by atoms with Crippen molar-refractivity contribution in [3.63, 3.8) is 0 Å². The summed E-state index contributed by atoms with van der Waals surface area (Å²) in [7, 11) is 1.62. The van der Waals surface area contributed by atoms with E-state index in [-0.39, 0.29) is 24.5 Å². The summed E-state index contributed by atoms with van der Waals surface area (Å²) in [6.45, 7) is 1.08. The zero-order valence-corrected chi connectivity index (χ0v) is 15.6. The van der Waals surface area contributed by atoms with Crippen LogP contribution in [0.4, 0.5) is 8.78 Å². The molecule has 0 saturated heterocycles. The number of hydrogen-bond acceptors (Lipinski definition) is 3. The number of ether oxygens (including phenoxy) is 1. The summed E-state index contributed by atoms with van der Waals surface area (Å²) in [6.07, 6.45) is 5.19. The highest BCUT2D eigenvalue weighted by Crippen LogP contribution is 2.38. The first-order valence-electron chi connectivity index (χ1n) is 8.94. The monoisotopic (exact) mass is 384 g/mol. The van der Waals surface area contributed by atoms with E-state index < -0.39 is 5.92 Å². The molecule has 2 aromatic heterocycles. The number of halogens is 3. The maximum Gasteiger partial charge on any atom is 0.248 e. The molecule has 26 heavy (non-hydrogen) atoms. The zero-order valence-electron chi connectivity index (χ0n) is 14.8. The van der Waals surface area contributed by atoms with Crippen LogP contribution in [0.25, 0.3) is 11.0 Å². The number of alkyl halides is 2. The fourth-order valence-electron chi connectivity index (χ4n) is 3.61. The first-order valence-corrected chi connectivity index (χ1v) is 9.32. The number of nitrogens with zero attached hydrogens (tertiary/aromatic N) is 2. The summed E-state index contributed by atoms with van der Waals surface area (Å²) in [5.74, 6) is -2.36. The number of hydrogen-bond donors (Lipinski definition) is 0. The van der Waals surface area contributed by atoms with Crippen LogP contribution in [-0.4, -0.2) is 35.0 Å². The third kappa shape index (κ3) is 4.23. The van der Waals surface area contributed by atoms with E-state index in [0.29, 0.717) is 60.5 Å². The number of methoxy groups -OCH3 is 1. The number of fused-ring (bicyclic) bond motifs is 1. The largest absolute Gasteiger partial charge is 0.383 e. The molecule has 0 bridgehead atoms. The van der Waals surface area contributed by atoms with E-state index in [4.69, 9.17) is 16.3 Å². The van der Waals surface area contributed by atoms with Gasteiger partial charge in [-0.25, -0.2) is 13.8 Å². The van der Waals surface area contributed by atoms with E-state index in [1.54, 1.807) is 25.6 Å². The normalized spacial score (nSPS) is 17.7. The minimum Gasteiger partial charge on any atom is -0.383 e. The van der Waals surface area contributed by atoms with Crippen molar-refractivity contribution in [3.8, 4) is 0 Å². The molecule has 2 aromatic rings. The number of ketones is 1. The van der Waals surface area contributed by atoms with Crippen LogP contribution < -0.4 is 0 Å². The Bertz CT molecular complexity index is 781. The second-order valence-corrected chi connectivity index (χ2v) is 7.39. The summed E-state index contributed by atoms with van der Waals surface area (Å²) >= 11 is 6.31. The van der Waals surface area contributed by atoms with Gasteiger partial charge in [-0.2, -0.15) is 0 Å². The molecule has 142 valence electrons. The lowest BCUT2D eigenvalue weighted by molar-refractivity contribution is -0.0464. The number of Topliss-reactive ketones (excluding diaryl/α,β-unsaturated/α-hetero) is 1. The second-order valence-electron chi connectivity index (χ2n) is 6.98. The Hall–Kier alpha value is -1.53. The van der Waals surface area contributed by atoms with E-state index in [2.05, 4.69) is 4.98 Å². The Morgan fingerprint density at radius 2 is 2.15 bits per heavy atom. The minimum atomic E-state index is -2.53. The van der Waals surface area contributed by atoms with Crippen molar-refractivity contribution in [2.75, 3.05) is 13.7 Å². The highest BCUT2D eigenvalue weighted by Gasteiger charge is 2.34. The van der Waals surface area contributed by atoms with Gasteiger partial charge >= 0.3 is 0 Å². The Kier molecular flexibility index (Phi) is 5.92. The van der Waals surface area contributed by atoms with Crippen LogP contribution in [0.1, 0.15) is 48.9 Å². The van der Waals surface area contributed by atoms with Gasteiger partial charge in [0.05, 0.1) is 11.6 Å². The molecule has 0 aliphatic heterocycles. The second kappa shape index (κ2) is 8.01. The summed E-state index contributed by atoms with van der Waals surface area (Å²) < 4.78 is 33.5. The molecule has 1 aliphatic rings. The molecule has 1 fully saturated rings. The average molecular weight is 385 g/mol. The van der Waals surface area contributed by atoms with Crippen LogP contribution >= 0.6 is 11.6 Å². The van der Waals surface area contributed by atoms with E-state index in [9.17, 15) is 13.6 Å². The summed E-state index contributed by atoms with van der Waals surface area (Å²) in [6, 6.07) is 1.67. The highest BCUT2D eigenvalue weighted by molar-refractivity contribution is 6.36. The lowest BCUT2D eigenvalue weighted by atomic mass is 9.83. The lowest BCUT2D eigenvalue weighted by Gasteiger charge is -2.27. The van der Waals surface area contributed by atoms with Crippen molar-refractivity contribution in [1.82, 2.24) is 9.55 Å². The summed E-state index contributed by atoms with van der Waals surface area (Å²) in [5.41, 5.74) is 1.21. The van der Waals surface area contributed by atoms with Crippen molar-refractivity contribution < 1.29 is 18.3 Å². The fraction of sp³-hybridized carbons (Fsp3) is 0.579.